The van der Waals surface area contributed by atoms with Gasteiger partial charge in [0, 0.05) is 25.3 Å². The van der Waals surface area contributed by atoms with Crippen LogP contribution >= 0.6 is 0 Å². The molecule has 1 atom stereocenters. The Morgan fingerprint density at radius 3 is 2.84 bits per heavy atom. The molecule has 1 unspecified atom stereocenters. The highest BCUT2D eigenvalue weighted by atomic mass is 15.3. The first-order valence-electron chi connectivity index (χ1n) is 6.83. The van der Waals surface area contributed by atoms with E-state index in [-0.39, 0.29) is 0 Å². The van der Waals surface area contributed by atoms with Gasteiger partial charge in [-0.05, 0) is 38.2 Å². The highest BCUT2D eigenvalue weighted by Crippen LogP contribution is 2.09. The van der Waals surface area contributed by atoms with Crippen molar-refractivity contribution in [3.63, 3.8) is 0 Å². The Morgan fingerprint density at radius 1 is 1.26 bits per heavy atom. The molecule has 1 saturated heterocycles. The fourth-order valence-corrected chi connectivity index (χ4v) is 2.53. The quantitative estimate of drug-likeness (QED) is 0.903. The van der Waals surface area contributed by atoms with Crippen molar-refractivity contribution < 1.29 is 0 Å². The van der Waals surface area contributed by atoms with Crippen LogP contribution in [-0.4, -0.2) is 40.9 Å². The number of benzene rings is 1. The molecule has 1 N–H and O–H groups in total. The molecule has 3 rings (SSSR count). The molecule has 1 fully saturated rings. The molecule has 1 aliphatic rings. The molecule has 1 aliphatic heterocycles. The van der Waals surface area contributed by atoms with Crippen LogP contribution in [0.4, 0.5) is 0 Å². The molecule has 1 aromatic heterocycles. The lowest BCUT2D eigenvalue weighted by Gasteiger charge is -2.11. The van der Waals surface area contributed by atoms with Crippen LogP contribution < -0.4 is 5.32 Å². The number of hydrogen-bond donors (Lipinski definition) is 1. The molecule has 0 spiro atoms. The van der Waals surface area contributed by atoms with Crippen molar-refractivity contribution in [1.29, 1.82) is 0 Å². The maximum Gasteiger partial charge on any atom is 0.0766 e. The first kappa shape index (κ1) is 12.4. The third-order valence-corrected chi connectivity index (χ3v) is 3.63. The summed E-state index contributed by atoms with van der Waals surface area (Å²) in [5.41, 5.74) is 2.20. The molecule has 1 aromatic carbocycles. The third-order valence-electron chi connectivity index (χ3n) is 3.63. The van der Waals surface area contributed by atoms with Gasteiger partial charge in [-0.3, -0.25) is 0 Å². The second-order valence-electron chi connectivity index (χ2n) is 5.22. The highest BCUT2D eigenvalue weighted by Gasteiger charge is 2.18. The van der Waals surface area contributed by atoms with Gasteiger partial charge < -0.3 is 10.2 Å². The van der Waals surface area contributed by atoms with Crippen LogP contribution in [0.2, 0.25) is 0 Å². The van der Waals surface area contributed by atoms with Gasteiger partial charge in [0.25, 0.3) is 0 Å². The van der Waals surface area contributed by atoms with Crippen LogP contribution in [0.5, 0.6) is 0 Å². The minimum absolute atomic E-state index is 0.604. The van der Waals surface area contributed by atoms with Crippen LogP contribution in [0.15, 0.2) is 42.6 Å². The van der Waals surface area contributed by atoms with Gasteiger partial charge in [0.2, 0.25) is 0 Å². The van der Waals surface area contributed by atoms with E-state index in [4.69, 9.17) is 0 Å². The topological polar surface area (TPSA) is 33.1 Å². The van der Waals surface area contributed by atoms with Gasteiger partial charge in [-0.25, -0.2) is 4.68 Å². The summed E-state index contributed by atoms with van der Waals surface area (Å²) in [6, 6.07) is 12.9. The fourth-order valence-electron chi connectivity index (χ4n) is 2.53. The van der Waals surface area contributed by atoms with Crippen LogP contribution in [0.25, 0.3) is 5.69 Å². The van der Waals surface area contributed by atoms with E-state index < -0.39 is 0 Å². The van der Waals surface area contributed by atoms with Gasteiger partial charge in [-0.1, -0.05) is 18.2 Å². The summed E-state index contributed by atoms with van der Waals surface area (Å²) < 4.78 is 1.93. The van der Waals surface area contributed by atoms with Crippen LogP contribution in [0.1, 0.15) is 12.1 Å². The fraction of sp³-hybridized carbons (Fsp3) is 0.400. The number of likely N-dealkylation sites (N-methyl/N-ethyl adjacent to an activating group) is 1. The van der Waals surface area contributed by atoms with Gasteiger partial charge in [-0.2, -0.15) is 5.10 Å². The standard InChI is InChI=1S/C15H20N4/c1-18-9-7-14(12-18)16-11-13-8-10-19(17-13)15-5-3-2-4-6-15/h2-6,8,10,14,16H,7,9,11-12H2,1H3. The lowest BCUT2D eigenvalue weighted by atomic mass is 10.2. The number of likely N-dealkylation sites (tertiary alicyclic amines) is 1. The summed E-state index contributed by atoms with van der Waals surface area (Å²) in [4.78, 5) is 2.36. The minimum atomic E-state index is 0.604. The average Bonchev–Trinajstić information content (AvgIpc) is 3.06. The lowest BCUT2D eigenvalue weighted by Crippen LogP contribution is -2.31. The van der Waals surface area contributed by atoms with E-state index in [1.807, 2.05) is 29.1 Å². The second-order valence-corrected chi connectivity index (χ2v) is 5.22. The zero-order valence-corrected chi connectivity index (χ0v) is 11.3. The number of hydrogen-bond acceptors (Lipinski definition) is 3. The molecular weight excluding hydrogens is 236 g/mol. The van der Waals surface area contributed by atoms with Crippen molar-refractivity contribution >= 4 is 0 Å². The molecule has 4 heteroatoms. The summed E-state index contributed by atoms with van der Waals surface area (Å²) in [7, 11) is 2.17. The van der Waals surface area contributed by atoms with E-state index in [0.29, 0.717) is 6.04 Å². The van der Waals surface area contributed by atoms with E-state index in [1.54, 1.807) is 0 Å². The molecule has 0 radical (unpaired) electrons. The Bertz CT molecular complexity index is 520. The molecule has 4 nitrogen and oxygen atoms in total. The Morgan fingerprint density at radius 2 is 2.11 bits per heavy atom. The number of aromatic nitrogens is 2. The molecule has 100 valence electrons. The van der Waals surface area contributed by atoms with Gasteiger partial charge in [-0.15, -0.1) is 0 Å². The van der Waals surface area contributed by atoms with Crippen LogP contribution in [0.3, 0.4) is 0 Å². The SMILES string of the molecule is CN1CCC(NCc2ccn(-c3ccccc3)n2)C1. The maximum absolute atomic E-state index is 4.60. The average molecular weight is 256 g/mol. The third kappa shape index (κ3) is 3.03. The van der Waals surface area contributed by atoms with Crippen molar-refractivity contribution in [1.82, 2.24) is 20.0 Å². The van der Waals surface area contributed by atoms with Crippen molar-refractivity contribution in [3.05, 3.63) is 48.3 Å². The maximum atomic E-state index is 4.60. The van der Waals surface area contributed by atoms with Gasteiger partial charge in [0.05, 0.1) is 11.4 Å². The van der Waals surface area contributed by atoms with Crippen LogP contribution in [0, 0.1) is 0 Å². The van der Waals surface area contributed by atoms with E-state index in [9.17, 15) is 0 Å². The minimum Gasteiger partial charge on any atom is -0.307 e. The summed E-state index contributed by atoms with van der Waals surface area (Å²) in [5, 5.41) is 8.18. The normalized spacial score (nSPS) is 19.9. The van der Waals surface area contributed by atoms with E-state index in [2.05, 4.69) is 40.6 Å². The number of rotatable bonds is 4. The molecule has 0 aliphatic carbocycles. The van der Waals surface area contributed by atoms with Crippen molar-refractivity contribution in [2.45, 2.75) is 19.0 Å². The molecule has 19 heavy (non-hydrogen) atoms. The zero-order valence-electron chi connectivity index (χ0n) is 11.3. The molecule has 2 aromatic rings. The Kier molecular flexibility index (Phi) is 3.62. The summed E-state index contributed by atoms with van der Waals surface area (Å²) in [5.74, 6) is 0. The van der Waals surface area contributed by atoms with E-state index in [1.165, 1.54) is 13.0 Å². The molecule has 0 bridgehead atoms. The first-order valence-corrected chi connectivity index (χ1v) is 6.83. The number of nitrogens with zero attached hydrogens (tertiary/aromatic N) is 3. The smallest absolute Gasteiger partial charge is 0.0766 e. The summed E-state index contributed by atoms with van der Waals surface area (Å²) >= 11 is 0. The molecule has 0 amide bonds. The Hall–Kier alpha value is -1.65. The van der Waals surface area contributed by atoms with Crippen molar-refractivity contribution in [2.75, 3.05) is 20.1 Å². The molecule has 0 saturated carbocycles. The van der Waals surface area contributed by atoms with Crippen molar-refractivity contribution in [3.8, 4) is 5.69 Å². The molecule has 2 heterocycles. The summed E-state index contributed by atoms with van der Waals surface area (Å²) in [6.45, 7) is 3.17. The number of nitrogens with one attached hydrogen (secondary N) is 1. The largest absolute Gasteiger partial charge is 0.307 e. The molecular formula is C15H20N4. The monoisotopic (exact) mass is 256 g/mol. The van der Waals surface area contributed by atoms with Gasteiger partial charge in [0.15, 0.2) is 0 Å². The predicted octanol–water partition coefficient (Wildman–Crippen LogP) is 1.67. The summed E-state index contributed by atoms with van der Waals surface area (Å²) in [6.07, 6.45) is 3.25. The van der Waals surface area contributed by atoms with Gasteiger partial charge in [0.1, 0.15) is 0 Å². The zero-order chi connectivity index (χ0) is 13.1. The number of para-hydroxylation sites is 1. The predicted molar refractivity (Wildman–Crippen MR) is 76.3 cm³/mol. The second kappa shape index (κ2) is 5.55. The van der Waals surface area contributed by atoms with Gasteiger partial charge >= 0.3 is 0 Å². The van der Waals surface area contributed by atoms with Crippen molar-refractivity contribution in [2.24, 2.45) is 0 Å². The Balaban J connectivity index is 1.59. The first-order chi connectivity index (χ1) is 9.31. The lowest BCUT2D eigenvalue weighted by molar-refractivity contribution is 0.397. The van der Waals surface area contributed by atoms with Crippen LogP contribution in [-0.2, 0) is 6.54 Å². The van der Waals surface area contributed by atoms with E-state index >= 15 is 0 Å². The van der Waals surface area contributed by atoms with E-state index in [0.717, 1.165) is 24.5 Å². The highest BCUT2D eigenvalue weighted by molar-refractivity contribution is 5.30. The Labute approximate surface area is 114 Å².